The minimum Gasteiger partial charge on any atom is -0.392 e. The van der Waals surface area contributed by atoms with Crippen LogP contribution >= 0.6 is 31.9 Å². The van der Waals surface area contributed by atoms with Crippen LogP contribution in [0.1, 0.15) is 117 Å². The molecule has 3 aliphatic heterocycles. The molecule has 1 N–H and O–H groups in total. The Morgan fingerprint density at radius 1 is 0.372 bits per heavy atom. The van der Waals surface area contributed by atoms with Crippen LogP contribution in [0.15, 0.2) is 206 Å². The number of halogens is 2. The van der Waals surface area contributed by atoms with Crippen molar-refractivity contribution in [3.8, 4) is 33.8 Å². The van der Waals surface area contributed by atoms with Crippen LogP contribution in [0, 0.1) is 0 Å². The third-order valence-electron chi connectivity index (χ3n) is 24.6. The highest BCUT2D eigenvalue weighted by molar-refractivity contribution is 9.10. The third-order valence-corrected chi connectivity index (χ3v) is 25.3. The Bertz CT molecular complexity index is 8590. The molecule has 0 aliphatic carbocycles. The summed E-state index contributed by atoms with van der Waals surface area (Å²) >= 11 is 6.60. The molecule has 53 heteroatoms. The van der Waals surface area contributed by atoms with E-state index in [4.69, 9.17) is 48.1 Å². The summed E-state index contributed by atoms with van der Waals surface area (Å²) in [6, 6.07) is 21.7. The van der Waals surface area contributed by atoms with Crippen molar-refractivity contribution >= 4 is 128 Å². The molecule has 0 bridgehead atoms. The lowest BCUT2D eigenvalue weighted by Crippen LogP contribution is -2.24. The Morgan fingerprint density at radius 3 is 1.07 bits per heavy atom. The first-order valence-electron chi connectivity index (χ1n) is 47.5. The van der Waals surface area contributed by atoms with Crippen LogP contribution in [-0.2, 0) is 98.7 Å². The van der Waals surface area contributed by atoms with Crippen molar-refractivity contribution in [2.75, 3.05) is 46.8 Å². The molecule has 0 spiro atoms. The molecule has 23 aromatic heterocycles. The van der Waals surface area contributed by atoms with E-state index in [9.17, 15) is 14.7 Å². The van der Waals surface area contributed by atoms with E-state index in [2.05, 4.69) is 171 Å². The molecule has 0 radical (unpaired) electrons. The number of aldehydes is 2. The molecule has 23 aromatic rings. The van der Waals surface area contributed by atoms with E-state index >= 15 is 0 Å². The van der Waals surface area contributed by atoms with Gasteiger partial charge < -0.3 is 38.3 Å². The zero-order valence-corrected chi connectivity index (χ0v) is 82.4. The van der Waals surface area contributed by atoms with Gasteiger partial charge in [-0.2, -0.15) is 40.8 Å². The maximum absolute atomic E-state index is 11.3. The van der Waals surface area contributed by atoms with Gasteiger partial charge in [0.1, 0.15) is 9.21 Å². The van der Waals surface area contributed by atoms with Gasteiger partial charge in [-0.15, -0.1) is 25.5 Å². The van der Waals surface area contributed by atoms with Gasteiger partial charge in [-0.1, -0.05) is 26.1 Å². The summed E-state index contributed by atoms with van der Waals surface area (Å²) in [4.78, 5) is 67.0. The van der Waals surface area contributed by atoms with Gasteiger partial charge in [-0.25, -0.2) is 95.8 Å². The van der Waals surface area contributed by atoms with Crippen LogP contribution < -0.4 is 0 Å². The van der Waals surface area contributed by atoms with Crippen molar-refractivity contribution in [1.82, 2.24) is 202 Å². The van der Waals surface area contributed by atoms with Gasteiger partial charge in [0.25, 0.3) is 0 Å². The molecule has 51 nitrogen and oxygen atoms in total. The molecular formula is C95H91Br2N41O10. The number of ether oxygens (including phenoxy) is 7. The Hall–Kier alpha value is -16.5. The SMILES string of the molecule is Brc1cnc2nnn(Cc3ccn4nccc4c3)c2n1.COCc1cnn2ccc(Cn3nnc4ncc(-c5cnn(CCOC6CCCCO6)c5)nc43)cc12.O=Cc1cnn2ccc(Cn3nnc4ncc(-c5cnn(CCOC6CCCCO6)c5)nc43)cc12.O=Cc1cnn2ccc(Cn3nnc4ncc(Br)nc43)cc12.OCc1cnn2ccc(Cn3nnc4ncc(-c5cnn(CCOC6CCCCO6)c5)nc43)cc12. The molecule has 0 aromatic carbocycles. The molecule has 0 saturated carbocycles. The highest BCUT2D eigenvalue weighted by atomic mass is 79.9. The first-order valence-corrected chi connectivity index (χ1v) is 49.1. The lowest BCUT2D eigenvalue weighted by Gasteiger charge is -2.22. The molecule has 0 amide bonds. The first-order chi connectivity index (χ1) is 72.8. The Balaban J connectivity index is 0.000000107. The molecule has 3 saturated heterocycles. The predicted molar refractivity (Wildman–Crippen MR) is 532 cm³/mol. The second-order valence-electron chi connectivity index (χ2n) is 34.7. The van der Waals surface area contributed by atoms with E-state index in [0.29, 0.717) is 173 Å². The Kier molecular flexibility index (Phi) is 29.0. The van der Waals surface area contributed by atoms with E-state index in [1.54, 1.807) is 125 Å². The number of methoxy groups -OCH3 is 1. The van der Waals surface area contributed by atoms with Crippen molar-refractivity contribution < 1.29 is 47.9 Å². The van der Waals surface area contributed by atoms with Gasteiger partial charge in [-0.05, 0) is 184 Å². The molecular weight excluding hydrogens is 2040 g/mol. The highest BCUT2D eigenvalue weighted by Crippen LogP contribution is 2.28. The summed E-state index contributed by atoms with van der Waals surface area (Å²) in [5, 5.41) is 85.3. The fourth-order valence-electron chi connectivity index (χ4n) is 17.0. The second kappa shape index (κ2) is 44.6. The summed E-state index contributed by atoms with van der Waals surface area (Å²) < 4.78 is 63.6. The van der Waals surface area contributed by atoms with Crippen molar-refractivity contribution in [3.63, 3.8) is 0 Å². The lowest BCUT2D eigenvalue weighted by molar-refractivity contribution is -0.164. The fourth-order valence-corrected chi connectivity index (χ4v) is 17.6. The van der Waals surface area contributed by atoms with Crippen LogP contribution in [0.3, 0.4) is 0 Å². The highest BCUT2D eigenvalue weighted by Gasteiger charge is 2.24. The summed E-state index contributed by atoms with van der Waals surface area (Å²) in [6.45, 7) is 8.68. The van der Waals surface area contributed by atoms with Crippen LogP contribution in [0.5, 0.6) is 0 Å². The van der Waals surface area contributed by atoms with Crippen LogP contribution in [0.2, 0.25) is 0 Å². The minimum absolute atomic E-state index is 0.0673. The fraction of sp³-hybridized carbons (Fsp3) is 0.305. The van der Waals surface area contributed by atoms with E-state index in [1.807, 2.05) is 127 Å². The lowest BCUT2D eigenvalue weighted by atomic mass is 10.2. The van der Waals surface area contributed by atoms with Crippen molar-refractivity contribution in [1.29, 1.82) is 0 Å². The number of rotatable bonds is 30. The Morgan fingerprint density at radius 2 is 0.709 bits per heavy atom. The maximum Gasteiger partial charge on any atom is 0.221 e. The summed E-state index contributed by atoms with van der Waals surface area (Å²) in [5.41, 5.74) is 22.4. The summed E-state index contributed by atoms with van der Waals surface area (Å²) in [6.07, 6.45) is 47.9. The van der Waals surface area contributed by atoms with E-state index in [0.717, 1.165) is 173 Å². The number of carbonyl (C=O) groups excluding carboxylic acids is 2. The average molecular weight is 2130 g/mol. The largest absolute Gasteiger partial charge is 0.392 e. The van der Waals surface area contributed by atoms with Crippen LogP contribution in [0.25, 0.3) is 118 Å². The number of aliphatic hydroxyl groups excluding tert-OH is 1. The maximum atomic E-state index is 11.3. The summed E-state index contributed by atoms with van der Waals surface area (Å²) in [5.74, 6) is 0. The topological polar surface area (TPSA) is 541 Å². The smallest absolute Gasteiger partial charge is 0.221 e. The van der Waals surface area contributed by atoms with Crippen LogP contribution in [0.4, 0.5) is 0 Å². The molecule has 3 fully saturated rings. The molecule has 750 valence electrons. The van der Waals surface area contributed by atoms with E-state index in [1.165, 1.54) is 0 Å². The molecule has 3 aliphatic rings. The van der Waals surface area contributed by atoms with Crippen LogP contribution in [-0.4, -0.2) is 286 Å². The third kappa shape index (κ3) is 22.2. The quantitative estimate of drug-likeness (QED) is 0.0409. The minimum atomic E-state index is -0.112. The van der Waals surface area contributed by atoms with E-state index in [-0.39, 0.29) is 25.5 Å². The number of aromatic nitrogens is 41. The average Bonchev–Trinajstić information content (AvgIpc) is 1.65. The van der Waals surface area contributed by atoms with Crippen molar-refractivity contribution in [2.24, 2.45) is 0 Å². The number of pyridine rings is 5. The monoisotopic (exact) mass is 2120 g/mol. The standard InChI is InChI=1S/C24H27N9O3.C23H25N9O3.C23H23N9O3.C13H8BrN7O.C12H8BrN7/c1-34-16-19-12-27-32-6-5-17(10-21(19)32)14-33-24-23(29-30-33)25-13-20(28-24)18-11-26-31(15-18)7-9-36-22-4-2-3-8-35-22;2*33-15-18-11-26-31-5-4-16(9-20(18)31)13-32-23-22(28-29-32)24-12-19(27-23)17-10-25-30(14-17)6-8-35-21-3-1-2-7-34-21;14-11-5-15-12-13(17-11)21(19-18-12)6-8-1-2-20-10(3-8)9(7-22)4-16-20;13-10-6-14-11-12(16-10)20(18-17-11)7-8-2-4-19-9(5-8)1-3-15-19/h5-6,10-13,15,22H,2-4,7-9,14,16H2,1H3;4-5,9-12,14,21,33H,1-3,6-8,13,15H2;4-5,9-12,14-15,21H,1-3,6-8,13H2;1-5,7H,6H2;1-6H,7H2. The first kappa shape index (κ1) is 96.3. The van der Waals surface area contributed by atoms with Gasteiger partial charge in [0.15, 0.2) is 59.7 Å². The van der Waals surface area contributed by atoms with Gasteiger partial charge in [-0.3, -0.25) is 23.6 Å². The van der Waals surface area contributed by atoms with Gasteiger partial charge in [0, 0.05) is 111 Å². The number of fused-ring (bicyclic) bond motifs is 10. The van der Waals surface area contributed by atoms with Crippen molar-refractivity contribution in [2.45, 2.75) is 142 Å². The molecule has 26 rings (SSSR count). The number of nitrogens with zero attached hydrogens (tertiary/aromatic N) is 41. The van der Waals surface area contributed by atoms with Gasteiger partial charge >= 0.3 is 0 Å². The number of carbonyl (C=O) groups is 2. The number of hydrogen-bond acceptors (Lipinski definition) is 38. The predicted octanol–water partition coefficient (Wildman–Crippen LogP) is 9.60. The zero-order valence-electron chi connectivity index (χ0n) is 79.3. The van der Waals surface area contributed by atoms with Gasteiger partial charge in [0.05, 0.1) is 216 Å². The Labute approximate surface area is 852 Å². The molecule has 148 heavy (non-hydrogen) atoms. The summed E-state index contributed by atoms with van der Waals surface area (Å²) in [7, 11) is 1.68. The number of hydrogen-bond donors (Lipinski definition) is 1. The normalized spacial score (nSPS) is 14.9. The zero-order chi connectivity index (χ0) is 100. The number of aliphatic hydroxyl groups is 1. The molecule has 3 atom stereocenters. The second-order valence-corrected chi connectivity index (χ2v) is 36.3. The van der Waals surface area contributed by atoms with Crippen molar-refractivity contribution in [3.05, 3.63) is 256 Å². The molecule has 3 unspecified atom stereocenters. The van der Waals surface area contributed by atoms with E-state index < -0.39 is 0 Å². The van der Waals surface area contributed by atoms with Gasteiger partial charge in [0.2, 0.25) is 28.2 Å². The molecule has 26 heterocycles.